The number of aliphatic imine (C=N–C) groups is 1. The Hall–Kier alpha value is -0.0400. The summed E-state index contributed by atoms with van der Waals surface area (Å²) in [7, 11) is 0. The standard InChI is InChI=1S/C13H28N4.HI/c1-2-3-8-15-13(14)16-9-12-17-10-6-4-5-7-11-17;/h2-12H2,1H3,(H3,14,15,16);1H. The number of nitrogens with two attached hydrogens (primary N) is 1. The zero-order valence-electron chi connectivity index (χ0n) is 11.7. The van der Waals surface area contributed by atoms with Crippen molar-refractivity contribution in [1.82, 2.24) is 10.2 Å². The van der Waals surface area contributed by atoms with E-state index in [0.29, 0.717) is 5.96 Å². The van der Waals surface area contributed by atoms with E-state index in [4.69, 9.17) is 5.73 Å². The molecule has 4 nitrogen and oxygen atoms in total. The van der Waals surface area contributed by atoms with Crippen molar-refractivity contribution >= 4 is 29.9 Å². The zero-order chi connectivity index (χ0) is 12.3. The smallest absolute Gasteiger partial charge is 0.188 e. The van der Waals surface area contributed by atoms with Gasteiger partial charge in [0.1, 0.15) is 0 Å². The van der Waals surface area contributed by atoms with E-state index in [2.05, 4.69) is 22.1 Å². The molecule has 0 aromatic rings. The zero-order valence-corrected chi connectivity index (χ0v) is 14.0. The van der Waals surface area contributed by atoms with Gasteiger partial charge in [-0.15, -0.1) is 24.0 Å². The van der Waals surface area contributed by atoms with Crippen molar-refractivity contribution in [2.24, 2.45) is 10.7 Å². The van der Waals surface area contributed by atoms with Crippen LogP contribution in [0.25, 0.3) is 0 Å². The minimum Gasteiger partial charge on any atom is -0.370 e. The van der Waals surface area contributed by atoms with E-state index >= 15 is 0 Å². The molecule has 0 aromatic heterocycles. The first kappa shape index (κ1) is 18.0. The number of guanidine groups is 1. The number of nitrogens with zero attached hydrogens (tertiary/aromatic N) is 2. The van der Waals surface area contributed by atoms with Gasteiger partial charge in [-0.2, -0.15) is 0 Å². The fourth-order valence-electron chi connectivity index (χ4n) is 2.12. The highest BCUT2D eigenvalue weighted by Crippen LogP contribution is 2.08. The lowest BCUT2D eigenvalue weighted by Gasteiger charge is -2.19. The van der Waals surface area contributed by atoms with Crippen molar-refractivity contribution in [3.63, 3.8) is 0 Å². The summed E-state index contributed by atoms with van der Waals surface area (Å²) in [4.78, 5) is 6.81. The van der Waals surface area contributed by atoms with Gasteiger partial charge in [0.2, 0.25) is 0 Å². The molecule has 0 saturated carbocycles. The highest BCUT2D eigenvalue weighted by Gasteiger charge is 2.07. The van der Waals surface area contributed by atoms with Crippen LogP contribution in [0.4, 0.5) is 0 Å². The molecule has 1 fully saturated rings. The van der Waals surface area contributed by atoms with E-state index in [1.54, 1.807) is 0 Å². The summed E-state index contributed by atoms with van der Waals surface area (Å²) in [5.41, 5.74) is 5.78. The third kappa shape index (κ3) is 8.97. The molecule has 108 valence electrons. The van der Waals surface area contributed by atoms with E-state index in [-0.39, 0.29) is 24.0 Å². The van der Waals surface area contributed by atoms with Crippen LogP contribution in [-0.2, 0) is 0 Å². The monoisotopic (exact) mass is 368 g/mol. The van der Waals surface area contributed by atoms with Crippen molar-refractivity contribution in [3.05, 3.63) is 0 Å². The van der Waals surface area contributed by atoms with E-state index in [0.717, 1.165) is 26.1 Å². The molecule has 0 spiro atoms. The summed E-state index contributed by atoms with van der Waals surface area (Å²) in [6, 6.07) is 0. The minimum absolute atomic E-state index is 0. The normalized spacial score (nSPS) is 17.9. The summed E-state index contributed by atoms with van der Waals surface area (Å²) < 4.78 is 0. The minimum atomic E-state index is 0. The van der Waals surface area contributed by atoms with Crippen LogP contribution >= 0.6 is 24.0 Å². The molecule has 0 atom stereocenters. The molecule has 0 aromatic carbocycles. The number of rotatable bonds is 6. The molecule has 1 aliphatic heterocycles. The van der Waals surface area contributed by atoms with Crippen molar-refractivity contribution in [2.75, 3.05) is 32.7 Å². The van der Waals surface area contributed by atoms with Crippen molar-refractivity contribution in [3.8, 4) is 0 Å². The van der Waals surface area contributed by atoms with Gasteiger partial charge in [0.15, 0.2) is 5.96 Å². The second-order valence-electron chi connectivity index (χ2n) is 4.80. The molecule has 1 rings (SSSR count). The number of nitrogens with one attached hydrogen (secondary N) is 1. The average molecular weight is 368 g/mol. The maximum atomic E-state index is 5.78. The largest absolute Gasteiger partial charge is 0.370 e. The molecule has 5 heteroatoms. The number of hydrogen-bond donors (Lipinski definition) is 2. The number of hydrogen-bond acceptors (Lipinski definition) is 2. The van der Waals surface area contributed by atoms with Gasteiger partial charge in [-0.05, 0) is 32.4 Å². The molecule has 18 heavy (non-hydrogen) atoms. The summed E-state index contributed by atoms with van der Waals surface area (Å²) in [5.74, 6) is 0.605. The van der Waals surface area contributed by atoms with Crippen LogP contribution < -0.4 is 11.1 Å². The quantitative estimate of drug-likeness (QED) is 0.327. The van der Waals surface area contributed by atoms with Crippen LogP contribution in [0.5, 0.6) is 0 Å². The van der Waals surface area contributed by atoms with Gasteiger partial charge in [0.25, 0.3) is 0 Å². The Bertz CT molecular complexity index is 213. The van der Waals surface area contributed by atoms with Gasteiger partial charge < -0.3 is 16.0 Å². The predicted octanol–water partition coefficient (Wildman–Crippen LogP) is 2.18. The average Bonchev–Trinajstić information content (AvgIpc) is 2.58. The third-order valence-corrected chi connectivity index (χ3v) is 3.23. The predicted molar refractivity (Wildman–Crippen MR) is 89.7 cm³/mol. The second-order valence-corrected chi connectivity index (χ2v) is 4.80. The van der Waals surface area contributed by atoms with Crippen molar-refractivity contribution in [1.29, 1.82) is 0 Å². The van der Waals surface area contributed by atoms with Crippen LogP contribution in [0, 0.1) is 0 Å². The Morgan fingerprint density at radius 2 is 1.89 bits per heavy atom. The van der Waals surface area contributed by atoms with Gasteiger partial charge >= 0.3 is 0 Å². The molecular weight excluding hydrogens is 339 g/mol. The molecule has 0 unspecified atom stereocenters. The summed E-state index contributed by atoms with van der Waals surface area (Å²) >= 11 is 0. The van der Waals surface area contributed by atoms with Crippen LogP contribution in [0.3, 0.4) is 0 Å². The maximum Gasteiger partial charge on any atom is 0.188 e. The first-order valence-electron chi connectivity index (χ1n) is 7.09. The lowest BCUT2D eigenvalue weighted by molar-refractivity contribution is 0.289. The fraction of sp³-hybridized carbons (Fsp3) is 0.923. The Labute approximate surface area is 129 Å². The summed E-state index contributed by atoms with van der Waals surface area (Å²) in [5, 5.41) is 3.20. The first-order valence-corrected chi connectivity index (χ1v) is 7.09. The fourth-order valence-corrected chi connectivity index (χ4v) is 2.12. The van der Waals surface area contributed by atoms with Crippen LogP contribution in [0.15, 0.2) is 4.99 Å². The molecule has 0 bridgehead atoms. The van der Waals surface area contributed by atoms with Gasteiger partial charge in [0.05, 0.1) is 0 Å². The number of unbranched alkanes of at least 4 members (excludes halogenated alkanes) is 1. The molecule has 1 heterocycles. The Balaban J connectivity index is 0.00000289. The van der Waals surface area contributed by atoms with Gasteiger partial charge in [0, 0.05) is 19.6 Å². The van der Waals surface area contributed by atoms with Crippen LogP contribution in [0.2, 0.25) is 0 Å². The topological polar surface area (TPSA) is 53.6 Å². The van der Waals surface area contributed by atoms with E-state index in [9.17, 15) is 0 Å². The first-order chi connectivity index (χ1) is 8.33. The maximum absolute atomic E-state index is 5.78. The van der Waals surface area contributed by atoms with Gasteiger partial charge in [-0.3, -0.25) is 4.99 Å². The molecule has 0 aliphatic carbocycles. The summed E-state index contributed by atoms with van der Waals surface area (Å²) in [6.45, 7) is 7.51. The molecule has 3 N–H and O–H groups in total. The SMILES string of the molecule is CCCCN=C(N)NCCN1CCCCCC1.I. The molecule has 1 saturated heterocycles. The Morgan fingerprint density at radius 3 is 2.50 bits per heavy atom. The van der Waals surface area contributed by atoms with E-state index in [1.165, 1.54) is 45.2 Å². The molecule has 0 radical (unpaired) electrons. The van der Waals surface area contributed by atoms with E-state index < -0.39 is 0 Å². The Morgan fingerprint density at radius 1 is 1.22 bits per heavy atom. The highest BCUT2D eigenvalue weighted by molar-refractivity contribution is 14.0. The molecule has 1 aliphatic rings. The van der Waals surface area contributed by atoms with E-state index in [1.807, 2.05) is 0 Å². The molecule has 0 amide bonds. The molecular formula is C13H29IN4. The third-order valence-electron chi connectivity index (χ3n) is 3.23. The van der Waals surface area contributed by atoms with Crippen LogP contribution in [-0.4, -0.2) is 43.6 Å². The lowest BCUT2D eigenvalue weighted by atomic mass is 10.2. The summed E-state index contributed by atoms with van der Waals surface area (Å²) in [6.07, 6.45) is 7.77. The van der Waals surface area contributed by atoms with Crippen molar-refractivity contribution in [2.45, 2.75) is 45.4 Å². The number of likely N-dealkylation sites (tertiary alicyclic amines) is 1. The highest BCUT2D eigenvalue weighted by atomic mass is 127. The van der Waals surface area contributed by atoms with Gasteiger partial charge in [-0.1, -0.05) is 26.2 Å². The van der Waals surface area contributed by atoms with Crippen LogP contribution in [0.1, 0.15) is 45.4 Å². The van der Waals surface area contributed by atoms with Gasteiger partial charge in [-0.25, -0.2) is 0 Å². The number of halogens is 1. The Kier molecular flexibility index (Phi) is 12.0. The second kappa shape index (κ2) is 12.0. The van der Waals surface area contributed by atoms with Crippen molar-refractivity contribution < 1.29 is 0 Å². The lowest BCUT2D eigenvalue weighted by Crippen LogP contribution is -2.39.